The summed E-state index contributed by atoms with van der Waals surface area (Å²) < 4.78 is 0.631. The van der Waals surface area contributed by atoms with Gasteiger partial charge in [0, 0.05) is 16.7 Å². The van der Waals surface area contributed by atoms with Crippen LogP contribution in [0, 0.1) is 46.6 Å². The van der Waals surface area contributed by atoms with Gasteiger partial charge in [-0.3, -0.25) is 10.1 Å². The average Bonchev–Trinajstić information content (AvgIpc) is 2.38. The van der Waals surface area contributed by atoms with Crippen molar-refractivity contribution < 1.29 is 4.92 Å². The second kappa shape index (κ2) is 5.98. The van der Waals surface area contributed by atoms with Gasteiger partial charge in [-0.25, -0.2) is 0 Å². The zero-order valence-electron chi connectivity index (χ0n) is 10.2. The molecule has 0 heterocycles. The lowest BCUT2D eigenvalue weighted by Gasteiger charge is -2.11. The van der Waals surface area contributed by atoms with Crippen molar-refractivity contribution in [1.82, 2.24) is 0 Å². The molecule has 1 N–H and O–H groups in total. The first kappa shape index (κ1) is 14.7. The van der Waals surface area contributed by atoms with Gasteiger partial charge in [0.15, 0.2) is 0 Å². The quantitative estimate of drug-likeness (QED) is 0.522. The van der Waals surface area contributed by atoms with E-state index >= 15 is 0 Å². The van der Waals surface area contributed by atoms with Gasteiger partial charge in [0.25, 0.3) is 5.69 Å². The van der Waals surface area contributed by atoms with Crippen LogP contribution in [0.5, 0.6) is 0 Å². The number of rotatable bonds is 3. The molecular weight excluding hydrogens is 312 g/mol. The van der Waals surface area contributed by atoms with Crippen LogP contribution in [0.4, 0.5) is 11.4 Å². The first-order valence-corrected chi connectivity index (χ1v) is 5.92. The summed E-state index contributed by atoms with van der Waals surface area (Å²) in [7, 11) is 0. The highest BCUT2D eigenvalue weighted by atomic mass is 79.9. The molecular formula is C12H9BrN4O2. The third-order valence-electron chi connectivity index (χ3n) is 2.61. The van der Waals surface area contributed by atoms with Gasteiger partial charge in [0.05, 0.1) is 4.92 Å². The van der Waals surface area contributed by atoms with Gasteiger partial charge in [-0.1, -0.05) is 15.9 Å². The van der Waals surface area contributed by atoms with Crippen LogP contribution in [0.15, 0.2) is 22.3 Å². The molecule has 0 aromatic heterocycles. The molecule has 0 amide bonds. The van der Waals surface area contributed by atoms with Gasteiger partial charge >= 0.3 is 0 Å². The second-order valence-electron chi connectivity index (χ2n) is 3.69. The van der Waals surface area contributed by atoms with Crippen LogP contribution in [-0.2, 0) is 0 Å². The predicted molar refractivity (Wildman–Crippen MR) is 73.2 cm³/mol. The highest BCUT2D eigenvalue weighted by Gasteiger charge is 2.19. The van der Waals surface area contributed by atoms with E-state index in [0.717, 1.165) is 11.8 Å². The molecule has 1 aromatic rings. The number of allylic oxidation sites excluding steroid dienone is 1. The lowest BCUT2D eigenvalue weighted by atomic mass is 10.1. The summed E-state index contributed by atoms with van der Waals surface area (Å²) in [6, 6.07) is 4.73. The van der Waals surface area contributed by atoms with E-state index < -0.39 is 4.92 Å². The minimum absolute atomic E-state index is 0.124. The van der Waals surface area contributed by atoms with Crippen LogP contribution in [0.25, 0.3) is 0 Å². The minimum atomic E-state index is -0.522. The van der Waals surface area contributed by atoms with Gasteiger partial charge in [0.1, 0.15) is 23.4 Å². The fraction of sp³-hybridized carbons (Fsp3) is 0.167. The maximum absolute atomic E-state index is 11.0. The second-order valence-corrected chi connectivity index (χ2v) is 4.54. The van der Waals surface area contributed by atoms with Gasteiger partial charge in [0.2, 0.25) is 0 Å². The van der Waals surface area contributed by atoms with E-state index in [1.807, 2.05) is 6.92 Å². The van der Waals surface area contributed by atoms with Gasteiger partial charge in [-0.05, 0) is 25.0 Å². The smallest absolute Gasteiger partial charge is 0.294 e. The topological polar surface area (TPSA) is 103 Å². The normalized spacial score (nSPS) is 9.11. The van der Waals surface area contributed by atoms with Crippen molar-refractivity contribution in [2.75, 3.05) is 5.32 Å². The molecule has 0 bridgehead atoms. The summed E-state index contributed by atoms with van der Waals surface area (Å²) >= 11 is 3.25. The average molecular weight is 321 g/mol. The Balaban J connectivity index is 3.39. The highest BCUT2D eigenvalue weighted by Crippen LogP contribution is 2.35. The zero-order chi connectivity index (χ0) is 14.6. The summed E-state index contributed by atoms with van der Waals surface area (Å²) in [4.78, 5) is 10.5. The van der Waals surface area contributed by atoms with Crippen LogP contribution in [0.2, 0.25) is 0 Å². The van der Waals surface area contributed by atoms with Crippen LogP contribution < -0.4 is 5.32 Å². The Hall–Kier alpha value is -2.38. The molecule has 1 rings (SSSR count). The number of nitrogens with zero attached hydrogens (tertiary/aromatic N) is 3. The van der Waals surface area contributed by atoms with Crippen molar-refractivity contribution in [3.8, 4) is 12.1 Å². The molecule has 0 aliphatic heterocycles. The molecule has 0 aliphatic carbocycles. The molecule has 6 nitrogen and oxygen atoms in total. The van der Waals surface area contributed by atoms with Crippen molar-refractivity contribution in [2.45, 2.75) is 13.8 Å². The Kier molecular flexibility index (Phi) is 4.62. The van der Waals surface area contributed by atoms with E-state index in [2.05, 4.69) is 21.2 Å². The van der Waals surface area contributed by atoms with Crippen molar-refractivity contribution >= 4 is 27.3 Å². The largest absolute Gasteiger partial charge is 0.354 e. The Morgan fingerprint density at radius 3 is 2.47 bits per heavy atom. The fourth-order valence-electron chi connectivity index (χ4n) is 1.42. The molecule has 0 radical (unpaired) electrons. The van der Waals surface area contributed by atoms with E-state index in [1.165, 1.54) is 6.07 Å². The van der Waals surface area contributed by atoms with Crippen LogP contribution in [-0.4, -0.2) is 4.92 Å². The molecule has 0 aliphatic rings. The van der Waals surface area contributed by atoms with Crippen LogP contribution in [0.1, 0.15) is 11.1 Å². The van der Waals surface area contributed by atoms with Crippen molar-refractivity contribution in [1.29, 1.82) is 10.5 Å². The summed E-state index contributed by atoms with van der Waals surface area (Å²) in [5.74, 6) is 0. The number of nitro groups is 1. The summed E-state index contributed by atoms with van der Waals surface area (Å²) in [5, 5.41) is 30.9. The molecule has 0 saturated carbocycles. The van der Waals surface area contributed by atoms with E-state index in [4.69, 9.17) is 10.5 Å². The molecule has 0 unspecified atom stereocenters. The van der Waals surface area contributed by atoms with E-state index in [-0.39, 0.29) is 16.9 Å². The maximum atomic E-state index is 11.0. The molecule has 0 atom stereocenters. The highest BCUT2D eigenvalue weighted by molar-refractivity contribution is 9.10. The Bertz CT molecular complexity index is 637. The Morgan fingerprint density at radius 1 is 1.42 bits per heavy atom. The van der Waals surface area contributed by atoms with Crippen LogP contribution in [0.3, 0.4) is 0 Å². The third kappa shape index (κ3) is 3.09. The number of nitrogens with one attached hydrogen (secondary N) is 1. The summed E-state index contributed by atoms with van der Waals surface area (Å²) in [5.41, 5.74) is 1.51. The number of benzene rings is 1. The van der Waals surface area contributed by atoms with Crippen LogP contribution >= 0.6 is 15.9 Å². The number of anilines is 1. The van der Waals surface area contributed by atoms with Gasteiger partial charge in [-0.2, -0.15) is 10.5 Å². The number of hydrogen-bond acceptors (Lipinski definition) is 5. The van der Waals surface area contributed by atoms with E-state index in [9.17, 15) is 10.1 Å². The molecule has 19 heavy (non-hydrogen) atoms. The SMILES string of the molecule is Cc1c(Br)cc([N+](=O)[O-])c(NC=C(C#N)C#N)c1C. The summed E-state index contributed by atoms with van der Waals surface area (Å²) in [6.07, 6.45) is 1.16. The third-order valence-corrected chi connectivity index (χ3v) is 3.44. The minimum Gasteiger partial charge on any atom is -0.354 e. The first-order valence-electron chi connectivity index (χ1n) is 5.13. The maximum Gasteiger partial charge on any atom is 0.294 e. The molecule has 1 aromatic carbocycles. The Labute approximate surface area is 118 Å². The molecule has 96 valence electrons. The molecule has 0 fully saturated rings. The van der Waals surface area contributed by atoms with Crippen molar-refractivity contribution in [3.63, 3.8) is 0 Å². The van der Waals surface area contributed by atoms with Gasteiger partial charge < -0.3 is 5.32 Å². The van der Waals surface area contributed by atoms with E-state index in [0.29, 0.717) is 10.0 Å². The van der Waals surface area contributed by atoms with Gasteiger partial charge in [-0.15, -0.1) is 0 Å². The molecule has 0 saturated heterocycles. The van der Waals surface area contributed by atoms with E-state index in [1.54, 1.807) is 19.1 Å². The molecule has 0 spiro atoms. The number of nitro benzene ring substituents is 1. The predicted octanol–water partition coefficient (Wildman–Crippen LogP) is 3.32. The van der Waals surface area contributed by atoms with Crippen molar-refractivity contribution in [2.24, 2.45) is 0 Å². The number of nitriles is 2. The number of halogens is 1. The standard InChI is InChI=1S/C12H9BrN4O2/c1-7-8(2)12(16-6-9(4-14)5-15)11(17(18)19)3-10(7)13/h3,6,16H,1-2H3. The monoisotopic (exact) mass is 320 g/mol. The van der Waals surface area contributed by atoms with Crippen molar-refractivity contribution in [3.05, 3.63) is 43.6 Å². The fourth-order valence-corrected chi connectivity index (χ4v) is 1.93. The lowest BCUT2D eigenvalue weighted by molar-refractivity contribution is -0.384. The first-order chi connectivity index (χ1) is 8.92. The zero-order valence-corrected chi connectivity index (χ0v) is 11.8. The number of hydrogen-bond donors (Lipinski definition) is 1. The lowest BCUT2D eigenvalue weighted by Crippen LogP contribution is -2.01. The molecule has 7 heteroatoms. The Morgan fingerprint density at radius 2 is 2.00 bits per heavy atom. The summed E-state index contributed by atoms with van der Waals surface area (Å²) in [6.45, 7) is 3.54.